The molecule has 5 heteroatoms. The molecular weight excluding hydrogens is 260 g/mol. The highest BCUT2D eigenvalue weighted by Crippen LogP contribution is 2.31. The van der Waals surface area contributed by atoms with Crippen molar-refractivity contribution in [1.82, 2.24) is 4.72 Å². The first kappa shape index (κ1) is 14.3. The molecule has 1 fully saturated rings. The van der Waals surface area contributed by atoms with E-state index >= 15 is 0 Å². The summed E-state index contributed by atoms with van der Waals surface area (Å²) in [6, 6.07) is 7.34. The second-order valence-electron chi connectivity index (χ2n) is 5.28. The summed E-state index contributed by atoms with van der Waals surface area (Å²) in [6.07, 6.45) is 5.06. The Morgan fingerprint density at radius 1 is 1.32 bits per heavy atom. The van der Waals surface area contributed by atoms with Crippen molar-refractivity contribution in [3.63, 3.8) is 0 Å². The first-order chi connectivity index (χ1) is 9.03. The van der Waals surface area contributed by atoms with Crippen molar-refractivity contribution >= 4 is 15.7 Å². The lowest BCUT2D eigenvalue weighted by Crippen LogP contribution is -2.25. The average molecular weight is 282 g/mol. The van der Waals surface area contributed by atoms with Crippen LogP contribution in [-0.2, 0) is 10.0 Å². The molecule has 0 amide bonds. The number of benzene rings is 1. The fourth-order valence-electron chi connectivity index (χ4n) is 2.48. The molecule has 0 spiro atoms. The standard InChI is InChI=1S/C14H22N2O2S/c1-11(10-12-6-5-7-12)16-13-8-3-4-9-14(13)19(17,18)15-2/h3-4,8-9,11-12,15-16H,5-7,10H2,1-2H3. The van der Waals surface area contributed by atoms with Gasteiger partial charge in [0.1, 0.15) is 4.90 Å². The Morgan fingerprint density at radius 2 is 2.00 bits per heavy atom. The van der Waals surface area contributed by atoms with Crippen LogP contribution in [0.2, 0.25) is 0 Å². The maximum Gasteiger partial charge on any atom is 0.242 e. The van der Waals surface area contributed by atoms with E-state index in [-0.39, 0.29) is 0 Å². The fourth-order valence-corrected chi connectivity index (χ4v) is 3.38. The van der Waals surface area contributed by atoms with E-state index in [4.69, 9.17) is 0 Å². The lowest BCUT2D eigenvalue weighted by molar-refractivity contribution is 0.285. The number of nitrogens with one attached hydrogen (secondary N) is 2. The van der Waals surface area contributed by atoms with Crippen LogP contribution in [0.25, 0.3) is 0 Å². The quantitative estimate of drug-likeness (QED) is 0.843. The predicted octanol–water partition coefficient (Wildman–Crippen LogP) is 2.59. The summed E-state index contributed by atoms with van der Waals surface area (Å²) in [4.78, 5) is 0.318. The van der Waals surface area contributed by atoms with Crippen LogP contribution in [0.4, 0.5) is 5.69 Å². The van der Waals surface area contributed by atoms with Crippen LogP contribution in [0, 0.1) is 5.92 Å². The van der Waals surface area contributed by atoms with Gasteiger partial charge >= 0.3 is 0 Å². The number of rotatable bonds is 6. The summed E-state index contributed by atoms with van der Waals surface area (Å²) >= 11 is 0. The van der Waals surface area contributed by atoms with Crippen molar-refractivity contribution in [2.24, 2.45) is 5.92 Å². The van der Waals surface area contributed by atoms with Crippen LogP contribution in [0.3, 0.4) is 0 Å². The zero-order valence-corrected chi connectivity index (χ0v) is 12.3. The van der Waals surface area contributed by atoms with Crippen LogP contribution in [-0.4, -0.2) is 21.5 Å². The van der Waals surface area contributed by atoms with E-state index in [0.717, 1.165) is 12.3 Å². The van der Waals surface area contributed by atoms with E-state index in [0.29, 0.717) is 16.6 Å². The molecular formula is C14H22N2O2S. The summed E-state index contributed by atoms with van der Waals surface area (Å²) in [5, 5.41) is 3.33. The molecule has 1 saturated carbocycles. The van der Waals surface area contributed by atoms with Gasteiger partial charge in [-0.2, -0.15) is 0 Å². The zero-order valence-electron chi connectivity index (χ0n) is 11.5. The average Bonchev–Trinajstić information content (AvgIpc) is 2.34. The van der Waals surface area contributed by atoms with Crippen molar-refractivity contribution in [1.29, 1.82) is 0 Å². The first-order valence-corrected chi connectivity index (χ1v) is 8.30. The van der Waals surface area contributed by atoms with Crippen LogP contribution in [0.5, 0.6) is 0 Å². The van der Waals surface area contributed by atoms with Crippen molar-refractivity contribution in [3.8, 4) is 0 Å². The second kappa shape index (κ2) is 5.92. The minimum Gasteiger partial charge on any atom is -0.381 e. The number of hydrogen-bond acceptors (Lipinski definition) is 3. The highest BCUT2D eigenvalue weighted by atomic mass is 32.2. The van der Waals surface area contributed by atoms with E-state index < -0.39 is 10.0 Å². The molecule has 0 aromatic heterocycles. The molecule has 0 bridgehead atoms. The lowest BCUT2D eigenvalue weighted by Gasteiger charge is -2.29. The third kappa shape index (κ3) is 3.48. The Morgan fingerprint density at radius 3 is 2.58 bits per heavy atom. The van der Waals surface area contributed by atoms with Gasteiger partial charge in [-0.05, 0) is 38.4 Å². The van der Waals surface area contributed by atoms with E-state index in [2.05, 4.69) is 17.0 Å². The Hall–Kier alpha value is -1.07. The van der Waals surface area contributed by atoms with Gasteiger partial charge in [0.05, 0.1) is 5.69 Å². The Kier molecular flexibility index (Phi) is 4.47. The van der Waals surface area contributed by atoms with E-state index in [1.54, 1.807) is 12.1 Å². The van der Waals surface area contributed by atoms with Crippen molar-refractivity contribution < 1.29 is 8.42 Å². The number of para-hydroxylation sites is 1. The van der Waals surface area contributed by atoms with Gasteiger partial charge in [-0.3, -0.25) is 0 Å². The van der Waals surface area contributed by atoms with Gasteiger partial charge in [0.15, 0.2) is 0 Å². The molecule has 2 rings (SSSR count). The smallest absolute Gasteiger partial charge is 0.242 e. The second-order valence-corrected chi connectivity index (χ2v) is 7.14. The molecule has 1 aliphatic carbocycles. The topological polar surface area (TPSA) is 58.2 Å². The Balaban J connectivity index is 2.11. The van der Waals surface area contributed by atoms with E-state index in [1.165, 1.54) is 26.3 Å². The van der Waals surface area contributed by atoms with Gasteiger partial charge in [0.25, 0.3) is 0 Å². The molecule has 1 atom stereocenters. The van der Waals surface area contributed by atoms with Gasteiger partial charge < -0.3 is 5.32 Å². The monoisotopic (exact) mass is 282 g/mol. The van der Waals surface area contributed by atoms with Gasteiger partial charge in [-0.1, -0.05) is 31.4 Å². The minimum absolute atomic E-state index is 0.290. The molecule has 106 valence electrons. The molecule has 0 radical (unpaired) electrons. The summed E-state index contributed by atoms with van der Waals surface area (Å²) < 4.78 is 26.2. The zero-order chi connectivity index (χ0) is 13.9. The minimum atomic E-state index is -3.41. The van der Waals surface area contributed by atoms with E-state index in [9.17, 15) is 8.42 Å². The first-order valence-electron chi connectivity index (χ1n) is 6.82. The molecule has 1 aromatic carbocycles. The summed E-state index contributed by atoms with van der Waals surface area (Å²) in [5.74, 6) is 0.801. The Labute approximate surface area is 115 Å². The van der Waals surface area contributed by atoms with Crippen LogP contribution < -0.4 is 10.0 Å². The normalized spacial score (nSPS) is 17.8. The number of hydrogen-bond donors (Lipinski definition) is 2. The van der Waals surface area contributed by atoms with Crippen LogP contribution in [0.15, 0.2) is 29.2 Å². The molecule has 2 N–H and O–H groups in total. The molecule has 1 unspecified atom stereocenters. The largest absolute Gasteiger partial charge is 0.381 e. The third-order valence-electron chi connectivity index (χ3n) is 3.76. The van der Waals surface area contributed by atoms with Crippen LogP contribution >= 0.6 is 0 Å². The summed E-state index contributed by atoms with van der Waals surface area (Å²) in [7, 11) is -1.97. The van der Waals surface area contributed by atoms with E-state index in [1.807, 2.05) is 12.1 Å². The third-order valence-corrected chi connectivity index (χ3v) is 5.23. The maximum absolute atomic E-state index is 11.9. The molecule has 19 heavy (non-hydrogen) atoms. The lowest BCUT2D eigenvalue weighted by atomic mass is 9.81. The number of sulfonamides is 1. The van der Waals surface area contributed by atoms with Crippen molar-refractivity contribution in [2.75, 3.05) is 12.4 Å². The molecule has 0 saturated heterocycles. The number of anilines is 1. The van der Waals surface area contributed by atoms with Gasteiger partial charge in [0, 0.05) is 6.04 Å². The summed E-state index contributed by atoms with van der Waals surface area (Å²) in [5.41, 5.74) is 0.684. The van der Waals surface area contributed by atoms with Crippen molar-refractivity contribution in [2.45, 2.75) is 43.5 Å². The highest BCUT2D eigenvalue weighted by Gasteiger charge is 2.21. The molecule has 4 nitrogen and oxygen atoms in total. The van der Waals surface area contributed by atoms with Gasteiger partial charge in [-0.25, -0.2) is 13.1 Å². The van der Waals surface area contributed by atoms with Gasteiger partial charge in [-0.15, -0.1) is 0 Å². The molecule has 0 heterocycles. The SMILES string of the molecule is CNS(=O)(=O)c1ccccc1NC(C)CC1CCC1. The molecule has 1 aliphatic rings. The fraction of sp³-hybridized carbons (Fsp3) is 0.571. The maximum atomic E-state index is 11.9. The Bertz CT molecular complexity index is 524. The molecule has 1 aromatic rings. The van der Waals surface area contributed by atoms with Crippen LogP contribution in [0.1, 0.15) is 32.6 Å². The molecule has 0 aliphatic heterocycles. The predicted molar refractivity (Wildman–Crippen MR) is 77.7 cm³/mol. The highest BCUT2D eigenvalue weighted by molar-refractivity contribution is 7.89. The summed E-state index contributed by atoms with van der Waals surface area (Å²) in [6.45, 7) is 2.11. The van der Waals surface area contributed by atoms with Gasteiger partial charge in [0.2, 0.25) is 10.0 Å². The van der Waals surface area contributed by atoms with Crippen molar-refractivity contribution in [3.05, 3.63) is 24.3 Å².